The van der Waals surface area contributed by atoms with Crippen LogP contribution in [0.4, 0.5) is 14.0 Å². The predicted molar refractivity (Wildman–Crippen MR) is 139 cm³/mol. The maximum atomic E-state index is 15.0. The number of halogens is 2. The Kier molecular flexibility index (Phi) is 12.2. The number of urea groups is 1. The van der Waals surface area contributed by atoms with Crippen molar-refractivity contribution in [2.75, 3.05) is 60.2 Å². The van der Waals surface area contributed by atoms with Crippen molar-refractivity contribution in [3.05, 3.63) is 34.6 Å². The Morgan fingerprint density at radius 2 is 2.05 bits per heavy atom. The van der Waals surface area contributed by atoms with Gasteiger partial charge in [0, 0.05) is 56.9 Å². The number of carbonyl (C=O) groups is 2. The maximum absolute atomic E-state index is 15.0. The molecule has 3 atom stereocenters. The number of nitrogens with one attached hydrogen (secondary N) is 3. The first-order chi connectivity index (χ1) is 17.9. The van der Waals surface area contributed by atoms with E-state index in [1.807, 2.05) is 7.05 Å². The van der Waals surface area contributed by atoms with Crippen LogP contribution >= 0.6 is 11.6 Å². The standard InChI is InChI=1S/C26H40ClFN4O5/c1-29-16-20(15-18-8-12-36-13-9-18)31-25(33)32-11-4-5-19(17-32)24(37-14-10-30-26(34)35-2)21-6-3-7-22(27)23(21)28/h3,6-7,18-20,24,29H,4-5,8-17H2,1-2H3,(H,30,34)(H,31,33)/t19-,20+,24-/m1/s1. The predicted octanol–water partition coefficient (Wildman–Crippen LogP) is 3.72. The van der Waals surface area contributed by atoms with Gasteiger partial charge in [-0.05, 0) is 51.1 Å². The lowest BCUT2D eigenvalue weighted by Gasteiger charge is -2.38. The molecule has 0 spiro atoms. The molecule has 37 heavy (non-hydrogen) atoms. The number of likely N-dealkylation sites (tertiary alicyclic amines) is 1. The van der Waals surface area contributed by atoms with Gasteiger partial charge in [0.2, 0.25) is 0 Å². The monoisotopic (exact) mass is 542 g/mol. The van der Waals surface area contributed by atoms with Gasteiger partial charge in [0.05, 0.1) is 24.8 Å². The minimum atomic E-state index is -0.621. The van der Waals surface area contributed by atoms with Gasteiger partial charge in [0.1, 0.15) is 5.82 Å². The third-order valence-electron chi connectivity index (χ3n) is 7.05. The molecule has 0 saturated carbocycles. The summed E-state index contributed by atoms with van der Waals surface area (Å²) >= 11 is 6.07. The second-order valence-electron chi connectivity index (χ2n) is 9.70. The Morgan fingerprint density at radius 3 is 2.78 bits per heavy atom. The molecular weight excluding hydrogens is 503 g/mol. The van der Waals surface area contributed by atoms with Crippen LogP contribution in [-0.4, -0.2) is 83.2 Å². The summed E-state index contributed by atoms with van der Waals surface area (Å²) in [6.45, 7) is 3.65. The fraction of sp³-hybridized carbons (Fsp3) is 0.692. The van der Waals surface area contributed by atoms with Crippen LogP contribution in [0.2, 0.25) is 5.02 Å². The number of rotatable bonds is 11. The fourth-order valence-electron chi connectivity index (χ4n) is 5.16. The molecule has 208 valence electrons. The summed E-state index contributed by atoms with van der Waals surface area (Å²) < 4.78 is 31.2. The van der Waals surface area contributed by atoms with Crippen molar-refractivity contribution in [1.29, 1.82) is 0 Å². The minimum Gasteiger partial charge on any atom is -0.453 e. The lowest BCUT2D eigenvalue weighted by molar-refractivity contribution is -0.0106. The maximum Gasteiger partial charge on any atom is 0.406 e. The number of ether oxygens (including phenoxy) is 3. The summed E-state index contributed by atoms with van der Waals surface area (Å²) in [5.74, 6) is -0.130. The number of hydrogen-bond donors (Lipinski definition) is 3. The Bertz CT molecular complexity index is 873. The summed E-state index contributed by atoms with van der Waals surface area (Å²) in [6, 6.07) is 4.75. The largest absolute Gasteiger partial charge is 0.453 e. The molecule has 11 heteroatoms. The number of nitrogens with zero attached hydrogens (tertiary/aromatic N) is 1. The van der Waals surface area contributed by atoms with E-state index in [0.29, 0.717) is 31.1 Å². The molecule has 2 aliphatic rings. The zero-order valence-electron chi connectivity index (χ0n) is 21.8. The Labute approximate surface area is 223 Å². The second-order valence-corrected chi connectivity index (χ2v) is 10.1. The van der Waals surface area contributed by atoms with Crippen LogP contribution in [0.3, 0.4) is 0 Å². The highest BCUT2D eigenvalue weighted by Crippen LogP contribution is 2.36. The number of likely N-dealkylation sites (N-methyl/N-ethyl adjacent to an activating group) is 1. The van der Waals surface area contributed by atoms with E-state index >= 15 is 4.39 Å². The quantitative estimate of drug-likeness (QED) is 0.368. The third-order valence-corrected chi connectivity index (χ3v) is 7.34. The fourth-order valence-corrected chi connectivity index (χ4v) is 5.34. The zero-order chi connectivity index (χ0) is 26.6. The van der Waals surface area contributed by atoms with Crippen LogP contribution in [0.1, 0.15) is 43.8 Å². The molecule has 2 saturated heterocycles. The van der Waals surface area contributed by atoms with Crippen LogP contribution in [0.15, 0.2) is 18.2 Å². The Morgan fingerprint density at radius 1 is 1.27 bits per heavy atom. The van der Waals surface area contributed by atoms with Gasteiger partial charge in [-0.1, -0.05) is 23.7 Å². The molecule has 2 heterocycles. The van der Waals surface area contributed by atoms with Gasteiger partial charge < -0.3 is 35.1 Å². The van der Waals surface area contributed by atoms with Gasteiger partial charge in [-0.15, -0.1) is 0 Å². The van der Waals surface area contributed by atoms with Crippen molar-refractivity contribution in [3.63, 3.8) is 0 Å². The molecule has 0 aliphatic carbocycles. The van der Waals surface area contributed by atoms with Crippen LogP contribution in [-0.2, 0) is 14.2 Å². The topological polar surface area (TPSA) is 101 Å². The van der Waals surface area contributed by atoms with Crippen molar-refractivity contribution in [2.24, 2.45) is 11.8 Å². The number of hydrogen-bond acceptors (Lipinski definition) is 6. The van der Waals surface area contributed by atoms with E-state index in [4.69, 9.17) is 21.1 Å². The summed E-state index contributed by atoms with van der Waals surface area (Å²) in [5, 5.41) is 8.99. The highest BCUT2D eigenvalue weighted by molar-refractivity contribution is 6.30. The van der Waals surface area contributed by atoms with Gasteiger partial charge in [0.15, 0.2) is 0 Å². The van der Waals surface area contributed by atoms with Gasteiger partial charge in [-0.25, -0.2) is 14.0 Å². The molecule has 1 aromatic carbocycles. The highest BCUT2D eigenvalue weighted by atomic mass is 35.5. The molecule has 2 aliphatic heterocycles. The van der Waals surface area contributed by atoms with E-state index < -0.39 is 18.0 Å². The lowest BCUT2D eigenvalue weighted by atomic mass is 9.88. The van der Waals surface area contributed by atoms with Gasteiger partial charge in [0.25, 0.3) is 0 Å². The van der Waals surface area contributed by atoms with Crippen LogP contribution in [0.5, 0.6) is 0 Å². The van der Waals surface area contributed by atoms with E-state index in [1.54, 1.807) is 17.0 Å². The average molecular weight is 543 g/mol. The lowest BCUT2D eigenvalue weighted by Crippen LogP contribution is -2.52. The summed E-state index contributed by atoms with van der Waals surface area (Å²) in [6.07, 6.45) is 3.29. The molecule has 0 aromatic heterocycles. The number of methoxy groups -OCH3 is 1. The average Bonchev–Trinajstić information content (AvgIpc) is 2.91. The normalized spacial score (nSPS) is 20.2. The van der Waals surface area contributed by atoms with E-state index in [0.717, 1.165) is 45.3 Å². The van der Waals surface area contributed by atoms with E-state index in [-0.39, 0.29) is 36.2 Å². The summed E-state index contributed by atoms with van der Waals surface area (Å²) in [4.78, 5) is 26.5. The van der Waals surface area contributed by atoms with Gasteiger partial charge in [-0.3, -0.25) is 0 Å². The van der Waals surface area contributed by atoms with Crippen LogP contribution < -0.4 is 16.0 Å². The zero-order valence-corrected chi connectivity index (χ0v) is 22.5. The van der Waals surface area contributed by atoms with E-state index in [1.165, 1.54) is 13.2 Å². The number of piperidine rings is 1. The minimum absolute atomic E-state index is 0.0165. The molecular formula is C26H40ClFN4O5. The van der Waals surface area contributed by atoms with Gasteiger partial charge >= 0.3 is 12.1 Å². The molecule has 1 aromatic rings. The smallest absolute Gasteiger partial charge is 0.406 e. The van der Waals surface area contributed by atoms with Gasteiger partial charge in [-0.2, -0.15) is 0 Å². The van der Waals surface area contributed by atoms with Crippen molar-refractivity contribution < 1.29 is 28.2 Å². The molecule has 3 N–H and O–H groups in total. The van der Waals surface area contributed by atoms with Crippen LogP contribution in [0.25, 0.3) is 0 Å². The van der Waals surface area contributed by atoms with Crippen molar-refractivity contribution >= 4 is 23.7 Å². The number of benzene rings is 1. The first-order valence-electron chi connectivity index (χ1n) is 13.1. The molecule has 0 radical (unpaired) electrons. The number of alkyl carbamates (subject to hydrolysis) is 1. The van der Waals surface area contributed by atoms with Crippen molar-refractivity contribution in [2.45, 2.75) is 44.2 Å². The van der Waals surface area contributed by atoms with E-state index in [2.05, 4.69) is 20.7 Å². The second kappa shape index (κ2) is 15.3. The Hall–Kier alpha value is -2.14. The third kappa shape index (κ3) is 8.98. The molecule has 3 amide bonds. The molecule has 2 fully saturated rings. The molecule has 9 nitrogen and oxygen atoms in total. The molecule has 0 unspecified atom stereocenters. The number of carbonyl (C=O) groups excluding carboxylic acids is 2. The first kappa shape index (κ1) is 29.4. The SMILES string of the molecule is CNC[C@H](CC1CCOCC1)NC(=O)N1CCC[C@@H]([C@@H](OCCNC(=O)OC)c2cccc(Cl)c2F)C1. The Balaban J connectivity index is 1.66. The highest BCUT2D eigenvalue weighted by Gasteiger charge is 2.33. The molecule has 3 rings (SSSR count). The van der Waals surface area contributed by atoms with Crippen molar-refractivity contribution in [1.82, 2.24) is 20.9 Å². The first-order valence-corrected chi connectivity index (χ1v) is 13.5. The van der Waals surface area contributed by atoms with Crippen molar-refractivity contribution in [3.8, 4) is 0 Å². The summed E-state index contributed by atoms with van der Waals surface area (Å²) in [5.41, 5.74) is 0.352. The van der Waals surface area contributed by atoms with Crippen LogP contribution in [0, 0.1) is 17.7 Å². The summed E-state index contributed by atoms with van der Waals surface area (Å²) in [7, 11) is 3.17. The number of amides is 3. The van der Waals surface area contributed by atoms with E-state index in [9.17, 15) is 9.59 Å². The molecule has 0 bridgehead atoms.